The van der Waals surface area contributed by atoms with Crippen LogP contribution in [0.5, 0.6) is 17.2 Å². The van der Waals surface area contributed by atoms with Crippen LogP contribution in [0, 0.1) is 5.82 Å². The van der Waals surface area contributed by atoms with E-state index in [1.165, 1.54) is 18.9 Å². The smallest absolute Gasteiger partial charge is 0.174 e. The van der Waals surface area contributed by atoms with Crippen molar-refractivity contribution in [2.75, 3.05) is 0 Å². The van der Waals surface area contributed by atoms with Gasteiger partial charge < -0.3 is 14.0 Å². The van der Waals surface area contributed by atoms with Gasteiger partial charge in [-0.25, -0.2) is 4.39 Å². The Bertz CT molecular complexity index is 828. The average molecular weight is 325 g/mol. The summed E-state index contributed by atoms with van der Waals surface area (Å²) in [7, 11) is 0. The summed E-state index contributed by atoms with van der Waals surface area (Å²) in [6.07, 6.45) is 2.34. The number of para-hydroxylation sites is 1. The van der Waals surface area contributed by atoms with Crippen molar-refractivity contribution < 1.29 is 18.4 Å². The third-order valence-corrected chi connectivity index (χ3v) is 3.83. The highest BCUT2D eigenvalue weighted by atomic mass is 19.1. The molecule has 5 heteroatoms. The van der Waals surface area contributed by atoms with Crippen molar-refractivity contribution in [3.8, 4) is 17.2 Å². The van der Waals surface area contributed by atoms with Gasteiger partial charge in [0.25, 0.3) is 0 Å². The van der Waals surface area contributed by atoms with Gasteiger partial charge in [0.2, 0.25) is 0 Å². The molecule has 0 unspecified atom stereocenters. The van der Waals surface area contributed by atoms with E-state index in [0.717, 1.165) is 5.69 Å². The van der Waals surface area contributed by atoms with E-state index in [1.807, 2.05) is 24.3 Å². The van der Waals surface area contributed by atoms with Gasteiger partial charge in [-0.2, -0.15) is 0 Å². The van der Waals surface area contributed by atoms with Crippen molar-refractivity contribution in [2.24, 2.45) is 0 Å². The fraction of sp³-hybridized carbons (Fsp3) is 0.211. The monoisotopic (exact) mass is 325 g/mol. The molecule has 1 fully saturated rings. The highest BCUT2D eigenvalue weighted by Gasteiger charge is 2.27. The van der Waals surface area contributed by atoms with Gasteiger partial charge in [0, 0.05) is 18.1 Å². The summed E-state index contributed by atoms with van der Waals surface area (Å²) >= 11 is 0. The minimum Gasteiger partial charge on any atom is -0.485 e. The summed E-state index contributed by atoms with van der Waals surface area (Å²) in [4.78, 5) is 0. The number of aromatic nitrogens is 1. The number of halogens is 1. The SMILES string of the molecule is Fc1cc(OCc2cc(C3CC3)no2)ccc1Oc1ccccc1. The Balaban J connectivity index is 1.39. The standard InChI is InChI=1S/C19H16FNO3/c20-17-10-15(8-9-19(17)23-14-4-2-1-3-5-14)22-12-16-11-18(21-24-16)13-6-7-13/h1-5,8-11,13H,6-7,12H2. The van der Waals surface area contributed by atoms with E-state index in [1.54, 1.807) is 24.3 Å². The van der Waals surface area contributed by atoms with Gasteiger partial charge in [-0.1, -0.05) is 23.4 Å². The maximum atomic E-state index is 14.1. The zero-order chi connectivity index (χ0) is 16.4. The van der Waals surface area contributed by atoms with Crippen molar-refractivity contribution >= 4 is 0 Å². The molecule has 0 atom stereocenters. The third-order valence-electron chi connectivity index (χ3n) is 3.83. The van der Waals surface area contributed by atoms with Crippen LogP contribution in [0.4, 0.5) is 4.39 Å². The molecule has 0 aliphatic heterocycles. The molecule has 1 aliphatic rings. The van der Waals surface area contributed by atoms with Gasteiger partial charge >= 0.3 is 0 Å². The van der Waals surface area contributed by atoms with Crippen LogP contribution in [-0.2, 0) is 6.61 Å². The molecule has 1 aromatic heterocycles. The molecule has 0 N–H and O–H groups in total. The zero-order valence-corrected chi connectivity index (χ0v) is 12.9. The molecule has 0 spiro atoms. The molecule has 4 nitrogen and oxygen atoms in total. The number of nitrogens with zero attached hydrogens (tertiary/aromatic N) is 1. The Morgan fingerprint density at radius 2 is 1.88 bits per heavy atom. The summed E-state index contributed by atoms with van der Waals surface area (Å²) < 4.78 is 30.4. The highest BCUT2D eigenvalue weighted by molar-refractivity contribution is 5.36. The lowest BCUT2D eigenvalue weighted by atomic mass is 10.3. The number of benzene rings is 2. The first-order valence-electron chi connectivity index (χ1n) is 7.89. The van der Waals surface area contributed by atoms with E-state index in [4.69, 9.17) is 14.0 Å². The molecule has 1 saturated carbocycles. The molecule has 4 rings (SSSR count). The predicted octanol–water partition coefficient (Wildman–Crippen LogP) is 5.06. The molecule has 0 saturated heterocycles. The van der Waals surface area contributed by atoms with Crippen molar-refractivity contribution in [3.63, 3.8) is 0 Å². The Hall–Kier alpha value is -2.82. The Kier molecular flexibility index (Phi) is 3.91. The van der Waals surface area contributed by atoms with Gasteiger partial charge in [0.05, 0.1) is 5.69 Å². The second kappa shape index (κ2) is 6.35. The van der Waals surface area contributed by atoms with Crippen LogP contribution >= 0.6 is 0 Å². The molecule has 0 amide bonds. The van der Waals surface area contributed by atoms with Gasteiger partial charge in [-0.15, -0.1) is 0 Å². The molecular weight excluding hydrogens is 309 g/mol. The second-order valence-corrected chi connectivity index (χ2v) is 5.79. The number of ether oxygens (including phenoxy) is 2. The Labute approximate surface area is 138 Å². The van der Waals surface area contributed by atoms with Gasteiger partial charge in [-0.3, -0.25) is 0 Å². The maximum absolute atomic E-state index is 14.1. The summed E-state index contributed by atoms with van der Waals surface area (Å²) in [6.45, 7) is 0.220. The minimum absolute atomic E-state index is 0.157. The van der Waals surface area contributed by atoms with Crippen LogP contribution in [0.3, 0.4) is 0 Å². The molecule has 122 valence electrons. The van der Waals surface area contributed by atoms with E-state index < -0.39 is 5.82 Å². The van der Waals surface area contributed by atoms with Crippen LogP contribution in [-0.4, -0.2) is 5.16 Å². The van der Waals surface area contributed by atoms with Crippen molar-refractivity contribution in [1.29, 1.82) is 0 Å². The molecule has 24 heavy (non-hydrogen) atoms. The third kappa shape index (κ3) is 3.40. The van der Waals surface area contributed by atoms with Crippen LogP contribution in [0.1, 0.15) is 30.2 Å². The van der Waals surface area contributed by atoms with E-state index in [0.29, 0.717) is 23.2 Å². The lowest BCUT2D eigenvalue weighted by Gasteiger charge is -2.08. The topological polar surface area (TPSA) is 44.5 Å². The number of rotatable bonds is 6. The lowest BCUT2D eigenvalue weighted by Crippen LogP contribution is -1.95. The molecular formula is C19H16FNO3. The summed E-state index contributed by atoms with van der Waals surface area (Å²) in [6, 6.07) is 15.5. The van der Waals surface area contributed by atoms with Crippen molar-refractivity contribution in [2.45, 2.75) is 25.4 Å². The molecule has 1 aliphatic carbocycles. The first-order valence-corrected chi connectivity index (χ1v) is 7.89. The number of hydrogen-bond donors (Lipinski definition) is 0. The van der Waals surface area contributed by atoms with E-state index >= 15 is 0 Å². The summed E-state index contributed by atoms with van der Waals surface area (Å²) in [5.41, 5.74) is 0.978. The molecule has 0 bridgehead atoms. The zero-order valence-electron chi connectivity index (χ0n) is 12.9. The Morgan fingerprint density at radius 1 is 1.04 bits per heavy atom. The molecule has 1 heterocycles. The maximum Gasteiger partial charge on any atom is 0.174 e. The highest BCUT2D eigenvalue weighted by Crippen LogP contribution is 2.39. The molecule has 2 aromatic carbocycles. The van der Waals surface area contributed by atoms with Crippen LogP contribution in [0.25, 0.3) is 0 Å². The normalized spacial score (nSPS) is 13.7. The minimum atomic E-state index is -0.479. The van der Waals surface area contributed by atoms with Gasteiger partial charge in [-0.05, 0) is 37.1 Å². The fourth-order valence-corrected chi connectivity index (χ4v) is 2.39. The van der Waals surface area contributed by atoms with Crippen molar-refractivity contribution in [1.82, 2.24) is 5.16 Å². The van der Waals surface area contributed by atoms with E-state index in [-0.39, 0.29) is 12.4 Å². The quantitative estimate of drug-likeness (QED) is 0.635. The second-order valence-electron chi connectivity index (χ2n) is 5.79. The first kappa shape index (κ1) is 14.8. The fourth-order valence-electron chi connectivity index (χ4n) is 2.39. The molecule has 3 aromatic rings. The van der Waals surface area contributed by atoms with Crippen LogP contribution in [0.15, 0.2) is 59.1 Å². The predicted molar refractivity (Wildman–Crippen MR) is 85.7 cm³/mol. The number of hydrogen-bond acceptors (Lipinski definition) is 4. The van der Waals surface area contributed by atoms with Crippen LogP contribution < -0.4 is 9.47 Å². The van der Waals surface area contributed by atoms with E-state index in [2.05, 4.69) is 5.16 Å². The van der Waals surface area contributed by atoms with E-state index in [9.17, 15) is 4.39 Å². The summed E-state index contributed by atoms with van der Waals surface area (Å²) in [5, 5.41) is 4.02. The lowest BCUT2D eigenvalue weighted by molar-refractivity contribution is 0.247. The Morgan fingerprint density at radius 3 is 2.62 bits per heavy atom. The summed E-state index contributed by atoms with van der Waals surface area (Å²) in [5.74, 6) is 1.85. The largest absolute Gasteiger partial charge is 0.485 e. The first-order chi connectivity index (χ1) is 11.8. The van der Waals surface area contributed by atoms with Gasteiger partial charge in [0.1, 0.15) is 18.1 Å². The average Bonchev–Trinajstić information content (AvgIpc) is 3.35. The van der Waals surface area contributed by atoms with Crippen LogP contribution in [0.2, 0.25) is 0 Å². The molecule has 0 radical (unpaired) electrons. The van der Waals surface area contributed by atoms with Crippen molar-refractivity contribution in [3.05, 3.63) is 71.9 Å². The van der Waals surface area contributed by atoms with Gasteiger partial charge in [0.15, 0.2) is 17.3 Å².